The monoisotopic (exact) mass is 397 g/mol. The molecule has 0 aliphatic heterocycles. The summed E-state index contributed by atoms with van der Waals surface area (Å²) in [4.78, 5) is 27.1. The summed E-state index contributed by atoms with van der Waals surface area (Å²) >= 11 is 0. The van der Waals surface area contributed by atoms with Crippen LogP contribution in [-0.4, -0.2) is 15.7 Å². The summed E-state index contributed by atoms with van der Waals surface area (Å²) in [5.74, 6) is 0.00675. The molecular formula is C25H23N3O2. The predicted molar refractivity (Wildman–Crippen MR) is 119 cm³/mol. The van der Waals surface area contributed by atoms with Crippen LogP contribution in [0, 0.1) is 6.92 Å². The molecule has 1 aromatic heterocycles. The van der Waals surface area contributed by atoms with Crippen LogP contribution in [0.2, 0.25) is 0 Å². The molecule has 0 radical (unpaired) electrons. The minimum atomic E-state index is -0.112. The predicted octanol–water partition coefficient (Wildman–Crippen LogP) is 4.33. The van der Waals surface area contributed by atoms with Gasteiger partial charge in [0.1, 0.15) is 0 Å². The normalized spacial score (nSPS) is 10.8. The van der Waals surface area contributed by atoms with Crippen molar-refractivity contribution < 1.29 is 4.79 Å². The SMILES string of the molecule is Cc1ccc(N(Cc2ccccc2)C(=O)CCn2ncc(=O)c3ccccc32)cc1. The van der Waals surface area contributed by atoms with Gasteiger partial charge in [-0.1, -0.05) is 60.2 Å². The first-order valence-electron chi connectivity index (χ1n) is 9.97. The molecule has 0 N–H and O–H groups in total. The van der Waals surface area contributed by atoms with Crippen LogP contribution in [0.4, 0.5) is 5.69 Å². The first-order valence-corrected chi connectivity index (χ1v) is 9.97. The van der Waals surface area contributed by atoms with Crippen LogP contribution < -0.4 is 10.3 Å². The molecule has 4 aromatic rings. The average Bonchev–Trinajstić information content (AvgIpc) is 2.78. The van der Waals surface area contributed by atoms with Gasteiger partial charge in [-0.25, -0.2) is 0 Å². The fourth-order valence-electron chi connectivity index (χ4n) is 3.49. The van der Waals surface area contributed by atoms with Crippen molar-refractivity contribution in [3.8, 4) is 0 Å². The molecule has 0 aliphatic rings. The van der Waals surface area contributed by atoms with E-state index in [-0.39, 0.29) is 17.8 Å². The molecule has 0 saturated heterocycles. The van der Waals surface area contributed by atoms with Crippen molar-refractivity contribution in [1.82, 2.24) is 9.78 Å². The smallest absolute Gasteiger partial charge is 0.229 e. The summed E-state index contributed by atoms with van der Waals surface area (Å²) in [6.45, 7) is 2.93. The first-order chi connectivity index (χ1) is 14.6. The van der Waals surface area contributed by atoms with E-state index in [9.17, 15) is 9.59 Å². The molecule has 4 rings (SSSR count). The molecule has 1 heterocycles. The van der Waals surface area contributed by atoms with Crippen molar-refractivity contribution >= 4 is 22.5 Å². The van der Waals surface area contributed by atoms with Crippen LogP contribution in [0.5, 0.6) is 0 Å². The fraction of sp³-hybridized carbons (Fsp3) is 0.160. The minimum Gasteiger partial charge on any atom is -0.308 e. The van der Waals surface area contributed by atoms with Crippen molar-refractivity contribution in [2.24, 2.45) is 0 Å². The van der Waals surface area contributed by atoms with E-state index in [1.807, 2.05) is 79.7 Å². The number of carbonyl (C=O) groups is 1. The van der Waals surface area contributed by atoms with Gasteiger partial charge < -0.3 is 4.90 Å². The molecule has 150 valence electrons. The standard InChI is InChI=1S/C25H23N3O2/c1-19-11-13-21(14-12-19)27(18-20-7-3-2-4-8-20)25(30)15-16-28-23-10-6-5-9-22(23)24(29)17-26-28/h2-14,17H,15-16,18H2,1H3. The average molecular weight is 397 g/mol. The zero-order chi connectivity index (χ0) is 20.9. The highest BCUT2D eigenvalue weighted by Gasteiger charge is 2.17. The third kappa shape index (κ3) is 4.30. The van der Waals surface area contributed by atoms with E-state index >= 15 is 0 Å². The van der Waals surface area contributed by atoms with Crippen LogP contribution in [0.15, 0.2) is 89.9 Å². The van der Waals surface area contributed by atoms with Gasteiger partial charge in [0, 0.05) is 17.5 Å². The van der Waals surface area contributed by atoms with Crippen LogP contribution in [0.1, 0.15) is 17.5 Å². The zero-order valence-corrected chi connectivity index (χ0v) is 16.9. The molecule has 0 aliphatic carbocycles. The Balaban J connectivity index is 1.58. The minimum absolute atomic E-state index is 0.00675. The van der Waals surface area contributed by atoms with Crippen LogP contribution in [0.3, 0.4) is 0 Å². The van der Waals surface area contributed by atoms with Gasteiger partial charge in [-0.15, -0.1) is 0 Å². The number of hydrogen-bond acceptors (Lipinski definition) is 3. The molecule has 0 fully saturated rings. The summed E-state index contributed by atoms with van der Waals surface area (Å²) in [6.07, 6.45) is 1.59. The Morgan fingerprint density at radius 3 is 2.40 bits per heavy atom. The molecular weight excluding hydrogens is 374 g/mol. The summed E-state index contributed by atoms with van der Waals surface area (Å²) in [5.41, 5.74) is 3.71. The Kier molecular flexibility index (Phi) is 5.70. The van der Waals surface area contributed by atoms with Gasteiger partial charge in [0.2, 0.25) is 11.3 Å². The van der Waals surface area contributed by atoms with E-state index in [1.54, 1.807) is 15.6 Å². The van der Waals surface area contributed by atoms with Gasteiger partial charge >= 0.3 is 0 Å². The highest BCUT2D eigenvalue weighted by atomic mass is 16.2. The Morgan fingerprint density at radius 1 is 0.933 bits per heavy atom. The number of nitrogens with zero attached hydrogens (tertiary/aromatic N) is 3. The molecule has 0 bridgehead atoms. The Morgan fingerprint density at radius 2 is 1.63 bits per heavy atom. The van der Waals surface area contributed by atoms with E-state index in [0.717, 1.165) is 22.3 Å². The van der Waals surface area contributed by atoms with E-state index in [1.165, 1.54) is 6.20 Å². The lowest BCUT2D eigenvalue weighted by Crippen LogP contribution is -2.31. The molecule has 0 spiro atoms. The number of anilines is 1. The van der Waals surface area contributed by atoms with Crippen LogP contribution >= 0.6 is 0 Å². The van der Waals surface area contributed by atoms with E-state index in [0.29, 0.717) is 18.5 Å². The lowest BCUT2D eigenvalue weighted by Gasteiger charge is -2.23. The van der Waals surface area contributed by atoms with Gasteiger partial charge in [-0.05, 0) is 36.8 Å². The molecule has 1 amide bonds. The number of carbonyl (C=O) groups excluding carboxylic acids is 1. The number of aryl methyl sites for hydroxylation is 2. The summed E-state index contributed by atoms with van der Waals surface area (Å²) in [5, 5.41) is 4.85. The number of fused-ring (bicyclic) bond motifs is 1. The number of hydrogen-bond donors (Lipinski definition) is 0. The van der Waals surface area contributed by atoms with Crippen molar-refractivity contribution in [3.63, 3.8) is 0 Å². The topological polar surface area (TPSA) is 55.2 Å². The lowest BCUT2D eigenvalue weighted by molar-refractivity contribution is -0.119. The third-order valence-electron chi connectivity index (χ3n) is 5.13. The second-order valence-electron chi connectivity index (χ2n) is 7.30. The highest BCUT2D eigenvalue weighted by Crippen LogP contribution is 2.20. The Labute approximate surface area is 175 Å². The molecule has 0 atom stereocenters. The number of benzene rings is 3. The van der Waals surface area contributed by atoms with E-state index < -0.39 is 0 Å². The second-order valence-corrected chi connectivity index (χ2v) is 7.30. The summed E-state index contributed by atoms with van der Waals surface area (Å²) in [7, 11) is 0. The fourth-order valence-corrected chi connectivity index (χ4v) is 3.49. The van der Waals surface area contributed by atoms with E-state index in [2.05, 4.69) is 5.10 Å². The van der Waals surface area contributed by atoms with Crippen molar-refractivity contribution in [1.29, 1.82) is 0 Å². The second kappa shape index (κ2) is 8.74. The van der Waals surface area contributed by atoms with E-state index in [4.69, 9.17) is 0 Å². The zero-order valence-electron chi connectivity index (χ0n) is 16.9. The first kappa shape index (κ1) is 19.6. The van der Waals surface area contributed by atoms with Gasteiger partial charge in [0.05, 0.1) is 24.8 Å². The Hall–Kier alpha value is -3.73. The molecule has 0 unspecified atom stereocenters. The number of aromatic nitrogens is 2. The number of rotatable bonds is 6. The molecule has 0 saturated carbocycles. The van der Waals surface area contributed by atoms with Crippen molar-refractivity contribution in [2.75, 3.05) is 4.90 Å². The van der Waals surface area contributed by atoms with Crippen molar-refractivity contribution in [2.45, 2.75) is 26.4 Å². The molecule has 5 nitrogen and oxygen atoms in total. The highest BCUT2D eigenvalue weighted by molar-refractivity contribution is 5.93. The number of para-hydroxylation sites is 1. The van der Waals surface area contributed by atoms with Gasteiger partial charge in [-0.3, -0.25) is 14.3 Å². The molecule has 3 aromatic carbocycles. The summed E-state index contributed by atoms with van der Waals surface area (Å²) < 4.78 is 1.73. The molecule has 5 heteroatoms. The van der Waals surface area contributed by atoms with Crippen LogP contribution in [0.25, 0.3) is 10.9 Å². The quantitative estimate of drug-likeness (QED) is 0.487. The van der Waals surface area contributed by atoms with Gasteiger partial charge in [0.15, 0.2) is 0 Å². The van der Waals surface area contributed by atoms with Gasteiger partial charge in [-0.2, -0.15) is 5.10 Å². The number of amides is 1. The maximum atomic E-state index is 13.2. The molecule has 30 heavy (non-hydrogen) atoms. The lowest BCUT2D eigenvalue weighted by atomic mass is 10.1. The van der Waals surface area contributed by atoms with Gasteiger partial charge in [0.25, 0.3) is 0 Å². The third-order valence-corrected chi connectivity index (χ3v) is 5.13. The Bertz CT molecular complexity index is 1210. The largest absolute Gasteiger partial charge is 0.308 e. The summed E-state index contributed by atoms with van der Waals surface area (Å²) in [6, 6.07) is 25.3. The van der Waals surface area contributed by atoms with Crippen molar-refractivity contribution in [3.05, 3.63) is 106 Å². The van der Waals surface area contributed by atoms with Crippen LogP contribution in [-0.2, 0) is 17.9 Å². The maximum absolute atomic E-state index is 13.2. The maximum Gasteiger partial charge on any atom is 0.229 e.